The SMILES string of the molecule is C=C(CCN(Cc1ccc(CNC(=O)C(/C(C)=C\C)=C(\C)NC)cc1)C1CCC/C(=C/C=C\NC)C1)SC=N. The molecule has 1 amide bonds. The summed E-state index contributed by atoms with van der Waals surface area (Å²) in [5.74, 6) is -0.0681. The molecule has 0 radical (unpaired) electrons. The molecule has 1 aromatic carbocycles. The van der Waals surface area contributed by atoms with Crippen LogP contribution in [0.1, 0.15) is 64.0 Å². The number of nitrogens with zero attached hydrogens (tertiary/aromatic N) is 1. The fraction of sp³-hybridized carbons (Fsp3) is 0.438. The fourth-order valence-electron chi connectivity index (χ4n) is 4.80. The van der Waals surface area contributed by atoms with Crippen LogP contribution < -0.4 is 16.0 Å². The van der Waals surface area contributed by atoms with Gasteiger partial charge in [0.05, 0.1) is 11.1 Å². The van der Waals surface area contributed by atoms with Crippen molar-refractivity contribution in [3.05, 3.63) is 93.7 Å². The van der Waals surface area contributed by atoms with Gasteiger partial charge in [-0.2, -0.15) is 0 Å². The monoisotopic (exact) mass is 549 g/mol. The van der Waals surface area contributed by atoms with Gasteiger partial charge in [0.15, 0.2) is 0 Å². The van der Waals surface area contributed by atoms with E-state index in [0.717, 1.165) is 54.1 Å². The maximum absolute atomic E-state index is 12.9. The first kappa shape index (κ1) is 32.2. The Morgan fingerprint density at radius 3 is 2.56 bits per heavy atom. The van der Waals surface area contributed by atoms with E-state index in [2.05, 4.69) is 63.8 Å². The topological polar surface area (TPSA) is 80.2 Å². The zero-order valence-electron chi connectivity index (χ0n) is 24.4. The van der Waals surface area contributed by atoms with Gasteiger partial charge in [0, 0.05) is 45.5 Å². The van der Waals surface area contributed by atoms with Crippen molar-refractivity contribution in [1.82, 2.24) is 20.9 Å². The standard InChI is InChI=1S/C32H47N5OS/c1-7-24(2)31(26(4)35-6)32(38)36-21-28-13-15-29(16-14-28)22-37(19-17-25(3)39-23-33)30-12-8-10-27(20-30)11-9-18-34-5/h7,9,11,13-16,18,23,30,33-35H,3,8,10,12,17,19-22H2,1-2,4-6H3,(H,36,38)/b18-9-,24-7-,27-11-,31-26+,33-23?. The summed E-state index contributed by atoms with van der Waals surface area (Å²) in [5, 5.41) is 16.6. The van der Waals surface area contributed by atoms with Crippen molar-refractivity contribution in [2.45, 2.75) is 72.0 Å². The van der Waals surface area contributed by atoms with E-state index in [-0.39, 0.29) is 5.91 Å². The average molecular weight is 550 g/mol. The summed E-state index contributed by atoms with van der Waals surface area (Å²) in [6, 6.07) is 9.07. The molecular weight excluding hydrogens is 502 g/mol. The predicted octanol–water partition coefficient (Wildman–Crippen LogP) is 6.41. The lowest BCUT2D eigenvalue weighted by Crippen LogP contribution is -2.37. The van der Waals surface area contributed by atoms with Crippen LogP contribution in [0.5, 0.6) is 0 Å². The molecule has 0 saturated heterocycles. The number of carbonyl (C=O) groups excluding carboxylic acids is 1. The minimum absolute atomic E-state index is 0.0681. The first-order valence-corrected chi connectivity index (χ1v) is 14.7. The first-order chi connectivity index (χ1) is 18.8. The molecule has 0 spiro atoms. The van der Waals surface area contributed by atoms with Crippen LogP contribution in [0.4, 0.5) is 0 Å². The lowest BCUT2D eigenvalue weighted by Gasteiger charge is -2.35. The highest BCUT2D eigenvalue weighted by atomic mass is 32.2. The highest BCUT2D eigenvalue weighted by Gasteiger charge is 2.23. The molecule has 6 nitrogen and oxygen atoms in total. The second-order valence-corrected chi connectivity index (χ2v) is 11.0. The second-order valence-electron chi connectivity index (χ2n) is 9.94. The van der Waals surface area contributed by atoms with E-state index in [1.807, 2.05) is 47.1 Å². The Morgan fingerprint density at radius 2 is 1.92 bits per heavy atom. The van der Waals surface area contributed by atoms with Gasteiger partial charge in [-0.25, -0.2) is 0 Å². The summed E-state index contributed by atoms with van der Waals surface area (Å²) < 4.78 is 0. The molecule has 1 aliphatic rings. The van der Waals surface area contributed by atoms with Crippen molar-refractivity contribution in [1.29, 1.82) is 5.41 Å². The van der Waals surface area contributed by atoms with E-state index in [4.69, 9.17) is 5.41 Å². The van der Waals surface area contributed by atoms with Crippen LogP contribution in [0.25, 0.3) is 0 Å². The number of allylic oxidation sites excluding steroid dienone is 4. The summed E-state index contributed by atoms with van der Waals surface area (Å²) in [6.45, 7) is 12.2. The molecule has 2 rings (SSSR count). The number of hydrogen-bond donors (Lipinski definition) is 4. The van der Waals surface area contributed by atoms with Gasteiger partial charge in [0.1, 0.15) is 0 Å². The van der Waals surface area contributed by atoms with Crippen LogP contribution in [-0.2, 0) is 17.9 Å². The normalized spacial score (nSPS) is 17.7. The number of carbonyl (C=O) groups is 1. The van der Waals surface area contributed by atoms with E-state index < -0.39 is 0 Å². The van der Waals surface area contributed by atoms with Crippen LogP contribution >= 0.6 is 11.8 Å². The molecule has 1 atom stereocenters. The molecule has 39 heavy (non-hydrogen) atoms. The molecule has 1 fully saturated rings. The third-order valence-corrected chi connectivity index (χ3v) is 7.87. The number of hydrogen-bond acceptors (Lipinski definition) is 6. The van der Waals surface area contributed by atoms with Crippen molar-refractivity contribution in [2.75, 3.05) is 20.6 Å². The van der Waals surface area contributed by atoms with Gasteiger partial charge < -0.3 is 21.4 Å². The molecule has 7 heteroatoms. The van der Waals surface area contributed by atoms with Crippen molar-refractivity contribution < 1.29 is 4.79 Å². The third kappa shape index (κ3) is 10.9. The van der Waals surface area contributed by atoms with Crippen LogP contribution in [0.2, 0.25) is 0 Å². The maximum Gasteiger partial charge on any atom is 0.253 e. The number of thioether (sulfide) groups is 1. The minimum Gasteiger partial charge on any atom is -0.394 e. The van der Waals surface area contributed by atoms with Crippen LogP contribution in [0.15, 0.2) is 82.6 Å². The van der Waals surface area contributed by atoms with Gasteiger partial charge in [-0.1, -0.05) is 60.3 Å². The summed E-state index contributed by atoms with van der Waals surface area (Å²) in [6.07, 6.45) is 13.8. The highest BCUT2D eigenvalue weighted by Crippen LogP contribution is 2.29. The molecule has 0 bridgehead atoms. The summed E-state index contributed by atoms with van der Waals surface area (Å²) in [4.78, 5) is 16.5. The number of benzene rings is 1. The summed E-state index contributed by atoms with van der Waals surface area (Å²) in [7, 11) is 3.75. The Kier molecular flexibility index (Phi) is 14.5. The van der Waals surface area contributed by atoms with Crippen molar-refractivity contribution in [2.24, 2.45) is 0 Å². The van der Waals surface area contributed by atoms with E-state index >= 15 is 0 Å². The molecule has 0 aliphatic heterocycles. The fourth-order valence-corrected chi connectivity index (χ4v) is 5.17. The molecule has 1 saturated carbocycles. The lowest BCUT2D eigenvalue weighted by molar-refractivity contribution is -0.117. The average Bonchev–Trinajstić information content (AvgIpc) is 2.95. The molecular formula is C32H47N5OS. The lowest BCUT2D eigenvalue weighted by atomic mass is 9.89. The van der Waals surface area contributed by atoms with Gasteiger partial charge in [-0.05, 0) is 86.8 Å². The molecule has 4 N–H and O–H groups in total. The Bertz CT molecular complexity index is 1080. The van der Waals surface area contributed by atoms with Crippen molar-refractivity contribution in [3.63, 3.8) is 0 Å². The number of nitrogens with one attached hydrogen (secondary N) is 4. The van der Waals surface area contributed by atoms with Crippen LogP contribution in [0, 0.1) is 5.41 Å². The van der Waals surface area contributed by atoms with Crippen LogP contribution in [0.3, 0.4) is 0 Å². The van der Waals surface area contributed by atoms with E-state index in [1.54, 1.807) is 0 Å². The molecule has 0 aromatic heterocycles. The van der Waals surface area contributed by atoms with E-state index in [0.29, 0.717) is 18.2 Å². The van der Waals surface area contributed by atoms with Crippen LogP contribution in [-0.4, -0.2) is 43.0 Å². The van der Waals surface area contributed by atoms with Gasteiger partial charge in [0.25, 0.3) is 5.91 Å². The van der Waals surface area contributed by atoms with Crippen molar-refractivity contribution in [3.8, 4) is 0 Å². The Labute approximate surface area is 240 Å². The third-order valence-electron chi connectivity index (χ3n) is 7.21. The largest absolute Gasteiger partial charge is 0.394 e. The number of rotatable bonds is 15. The Hall–Kier alpha value is -3.03. The maximum atomic E-state index is 12.9. The zero-order valence-corrected chi connectivity index (χ0v) is 25.2. The Balaban J connectivity index is 2.10. The minimum atomic E-state index is -0.0681. The molecule has 1 unspecified atom stereocenters. The first-order valence-electron chi connectivity index (χ1n) is 13.8. The van der Waals surface area contributed by atoms with E-state index in [9.17, 15) is 4.79 Å². The van der Waals surface area contributed by atoms with E-state index in [1.165, 1.54) is 41.3 Å². The summed E-state index contributed by atoms with van der Waals surface area (Å²) >= 11 is 1.41. The highest BCUT2D eigenvalue weighted by molar-refractivity contribution is 8.15. The van der Waals surface area contributed by atoms with Gasteiger partial charge >= 0.3 is 0 Å². The molecule has 212 valence electrons. The predicted molar refractivity (Wildman–Crippen MR) is 169 cm³/mol. The smallest absolute Gasteiger partial charge is 0.253 e. The second kappa shape index (κ2) is 17.5. The molecule has 1 aromatic rings. The molecule has 0 heterocycles. The van der Waals surface area contributed by atoms with Gasteiger partial charge in [-0.15, -0.1) is 0 Å². The molecule has 1 aliphatic carbocycles. The Morgan fingerprint density at radius 1 is 1.21 bits per heavy atom. The quantitative estimate of drug-likeness (QED) is 0.0880. The van der Waals surface area contributed by atoms with Gasteiger partial charge in [-0.3, -0.25) is 9.69 Å². The zero-order chi connectivity index (χ0) is 28.6. The summed E-state index contributed by atoms with van der Waals surface area (Å²) in [5.41, 5.74) is 7.70. The van der Waals surface area contributed by atoms with Gasteiger partial charge in [0.2, 0.25) is 0 Å². The number of amides is 1. The van der Waals surface area contributed by atoms with Crippen molar-refractivity contribution >= 4 is 23.2 Å².